The van der Waals surface area contributed by atoms with Gasteiger partial charge >= 0.3 is 0 Å². The van der Waals surface area contributed by atoms with Gasteiger partial charge in [0.1, 0.15) is 0 Å². The lowest BCUT2D eigenvalue weighted by Crippen LogP contribution is -1.83. The van der Waals surface area contributed by atoms with Crippen molar-refractivity contribution in [2.45, 2.75) is 117 Å². The lowest BCUT2D eigenvalue weighted by Gasteiger charge is -2.02. The average molecular weight is 281 g/mol. The lowest BCUT2D eigenvalue weighted by molar-refractivity contribution is 0.544. The first-order valence-corrected chi connectivity index (χ1v) is 9.46. The first kappa shape index (κ1) is 19.7. The molecule has 0 saturated carbocycles. The summed E-state index contributed by atoms with van der Waals surface area (Å²) in [5, 5.41) is 0. The van der Waals surface area contributed by atoms with E-state index in [4.69, 9.17) is 0 Å². The number of allylic oxidation sites excluding steroid dienone is 2. The van der Waals surface area contributed by atoms with Gasteiger partial charge < -0.3 is 0 Å². The molecule has 0 atom stereocenters. The van der Waals surface area contributed by atoms with E-state index in [1.807, 2.05) is 0 Å². The van der Waals surface area contributed by atoms with E-state index >= 15 is 0 Å². The van der Waals surface area contributed by atoms with E-state index in [2.05, 4.69) is 26.8 Å². The van der Waals surface area contributed by atoms with E-state index in [1.165, 1.54) is 96.3 Å². The molecule has 0 heterocycles. The molecule has 0 heteroatoms. The molecule has 0 N–H and O–H groups in total. The highest BCUT2D eigenvalue weighted by Gasteiger charge is 1.93. The Balaban J connectivity index is 3.08. The quantitative estimate of drug-likeness (QED) is 0.212. The van der Waals surface area contributed by atoms with Gasteiger partial charge in [-0.05, 0) is 26.2 Å². The van der Waals surface area contributed by atoms with Crippen LogP contribution in [0.15, 0.2) is 11.6 Å². The van der Waals surface area contributed by atoms with Crippen LogP contribution < -0.4 is 0 Å². The summed E-state index contributed by atoms with van der Waals surface area (Å²) >= 11 is 0. The van der Waals surface area contributed by atoms with Gasteiger partial charge in [-0.25, -0.2) is 0 Å². The third kappa shape index (κ3) is 15.8. The predicted octanol–water partition coefficient (Wildman–Crippen LogP) is 7.82. The van der Waals surface area contributed by atoms with Gasteiger partial charge in [0.05, 0.1) is 0 Å². The Bertz CT molecular complexity index is 202. The zero-order valence-electron chi connectivity index (χ0n) is 14.7. The van der Waals surface area contributed by atoms with Gasteiger partial charge in [0.2, 0.25) is 0 Å². The first-order chi connectivity index (χ1) is 9.81. The fourth-order valence-electron chi connectivity index (χ4n) is 2.83. The average Bonchev–Trinajstić information content (AvgIpc) is 2.44. The van der Waals surface area contributed by atoms with Gasteiger partial charge in [-0.2, -0.15) is 0 Å². The van der Waals surface area contributed by atoms with Crippen molar-refractivity contribution in [2.24, 2.45) is 0 Å². The maximum Gasteiger partial charge on any atom is -0.0326 e. The predicted molar refractivity (Wildman–Crippen MR) is 94.4 cm³/mol. The second-order valence-electron chi connectivity index (χ2n) is 6.48. The highest BCUT2D eigenvalue weighted by molar-refractivity contribution is 4.97. The summed E-state index contributed by atoms with van der Waals surface area (Å²) in [6, 6.07) is 0. The molecule has 0 fully saturated rings. The van der Waals surface area contributed by atoms with Crippen LogP contribution in [0.25, 0.3) is 0 Å². The van der Waals surface area contributed by atoms with Crippen LogP contribution in [0.5, 0.6) is 0 Å². The van der Waals surface area contributed by atoms with Crippen LogP contribution in [-0.4, -0.2) is 0 Å². The van der Waals surface area contributed by atoms with Crippen molar-refractivity contribution >= 4 is 0 Å². The minimum atomic E-state index is 1.29. The van der Waals surface area contributed by atoms with Gasteiger partial charge in [-0.3, -0.25) is 0 Å². The third-order valence-corrected chi connectivity index (χ3v) is 4.19. The second-order valence-corrected chi connectivity index (χ2v) is 6.48. The van der Waals surface area contributed by atoms with Gasteiger partial charge in [0, 0.05) is 0 Å². The summed E-state index contributed by atoms with van der Waals surface area (Å²) < 4.78 is 0. The Morgan fingerprint density at radius 2 is 1.05 bits per heavy atom. The number of hydrogen-bond donors (Lipinski definition) is 0. The van der Waals surface area contributed by atoms with E-state index < -0.39 is 0 Å². The molecule has 20 heavy (non-hydrogen) atoms. The second kappa shape index (κ2) is 16.8. The molecule has 0 nitrogen and oxygen atoms in total. The third-order valence-electron chi connectivity index (χ3n) is 4.19. The summed E-state index contributed by atoms with van der Waals surface area (Å²) in [5.41, 5.74) is 1.59. The SMILES string of the molecule is CCCCCCCCCCCCCC/C=C(/C)CCC. The summed E-state index contributed by atoms with van der Waals surface area (Å²) in [6.45, 7) is 6.84. The van der Waals surface area contributed by atoms with Gasteiger partial charge in [0.25, 0.3) is 0 Å². The number of hydrogen-bond acceptors (Lipinski definition) is 0. The van der Waals surface area contributed by atoms with Crippen molar-refractivity contribution in [3.8, 4) is 0 Å². The van der Waals surface area contributed by atoms with Crippen molar-refractivity contribution in [2.75, 3.05) is 0 Å². The van der Waals surface area contributed by atoms with E-state index in [0.717, 1.165) is 0 Å². The fraction of sp³-hybridized carbons (Fsp3) is 0.900. The Morgan fingerprint density at radius 3 is 1.50 bits per heavy atom. The smallest absolute Gasteiger partial charge is 0.0326 e. The van der Waals surface area contributed by atoms with Crippen LogP contribution in [0.1, 0.15) is 117 Å². The van der Waals surface area contributed by atoms with E-state index in [9.17, 15) is 0 Å². The molecule has 0 aliphatic rings. The van der Waals surface area contributed by atoms with Crippen molar-refractivity contribution in [1.82, 2.24) is 0 Å². The zero-order valence-corrected chi connectivity index (χ0v) is 14.7. The molecule has 0 aromatic heterocycles. The van der Waals surface area contributed by atoms with Gasteiger partial charge in [-0.1, -0.05) is 103 Å². The molecular formula is C20H40. The highest BCUT2D eigenvalue weighted by atomic mass is 14.0. The standard InChI is InChI=1S/C20H40/c1-4-6-7-8-9-10-11-12-13-14-15-16-17-19-20(3)18-5-2/h19H,4-18H2,1-3H3/b20-19-. The van der Waals surface area contributed by atoms with E-state index in [1.54, 1.807) is 5.57 Å². The Labute approximate surface area is 129 Å². The monoisotopic (exact) mass is 280 g/mol. The Hall–Kier alpha value is -0.260. The molecule has 0 rings (SSSR count). The van der Waals surface area contributed by atoms with E-state index in [-0.39, 0.29) is 0 Å². The molecule has 0 aliphatic carbocycles. The van der Waals surface area contributed by atoms with Crippen molar-refractivity contribution in [3.05, 3.63) is 11.6 Å². The zero-order chi connectivity index (χ0) is 14.9. The summed E-state index contributed by atoms with van der Waals surface area (Å²) in [5.74, 6) is 0. The Morgan fingerprint density at radius 1 is 0.600 bits per heavy atom. The molecule has 0 spiro atoms. The fourth-order valence-corrected chi connectivity index (χ4v) is 2.83. The molecule has 120 valence electrons. The minimum absolute atomic E-state index is 1.29. The molecule has 0 unspecified atom stereocenters. The molecule has 0 radical (unpaired) electrons. The maximum atomic E-state index is 2.46. The normalized spacial score (nSPS) is 12.1. The minimum Gasteiger partial charge on any atom is -0.0856 e. The first-order valence-electron chi connectivity index (χ1n) is 9.46. The Kier molecular flexibility index (Phi) is 16.6. The van der Waals surface area contributed by atoms with Crippen molar-refractivity contribution < 1.29 is 0 Å². The number of unbranched alkanes of at least 4 members (excludes halogenated alkanes) is 12. The van der Waals surface area contributed by atoms with Crippen LogP contribution in [0, 0.1) is 0 Å². The topological polar surface area (TPSA) is 0 Å². The van der Waals surface area contributed by atoms with Crippen LogP contribution >= 0.6 is 0 Å². The van der Waals surface area contributed by atoms with Crippen LogP contribution in [0.2, 0.25) is 0 Å². The van der Waals surface area contributed by atoms with Crippen molar-refractivity contribution in [1.29, 1.82) is 0 Å². The van der Waals surface area contributed by atoms with Crippen molar-refractivity contribution in [3.63, 3.8) is 0 Å². The lowest BCUT2D eigenvalue weighted by atomic mass is 10.0. The summed E-state index contributed by atoms with van der Waals surface area (Å²) in [4.78, 5) is 0. The number of rotatable bonds is 15. The van der Waals surface area contributed by atoms with Gasteiger partial charge in [-0.15, -0.1) is 0 Å². The molecule has 0 aliphatic heterocycles. The molecule has 0 amide bonds. The van der Waals surface area contributed by atoms with E-state index in [0.29, 0.717) is 0 Å². The largest absolute Gasteiger partial charge is 0.0856 e. The molecular weight excluding hydrogens is 240 g/mol. The molecule has 0 aromatic carbocycles. The molecule has 0 bridgehead atoms. The molecule has 0 aromatic rings. The maximum absolute atomic E-state index is 2.46. The van der Waals surface area contributed by atoms with Crippen LogP contribution in [-0.2, 0) is 0 Å². The summed E-state index contributed by atoms with van der Waals surface area (Å²) in [6.07, 6.45) is 23.7. The van der Waals surface area contributed by atoms with Crippen LogP contribution in [0.4, 0.5) is 0 Å². The van der Waals surface area contributed by atoms with Gasteiger partial charge in [0.15, 0.2) is 0 Å². The van der Waals surface area contributed by atoms with Crippen LogP contribution in [0.3, 0.4) is 0 Å². The molecule has 0 saturated heterocycles. The highest BCUT2D eigenvalue weighted by Crippen LogP contribution is 2.13. The summed E-state index contributed by atoms with van der Waals surface area (Å²) in [7, 11) is 0.